The van der Waals surface area contributed by atoms with Gasteiger partial charge in [0.1, 0.15) is 11.2 Å². The van der Waals surface area contributed by atoms with Crippen molar-refractivity contribution < 1.29 is 4.42 Å². The van der Waals surface area contributed by atoms with Crippen LogP contribution in [0.3, 0.4) is 0 Å². The van der Waals surface area contributed by atoms with Crippen LogP contribution in [0.15, 0.2) is 205 Å². The first kappa shape index (κ1) is 31.3. The van der Waals surface area contributed by atoms with E-state index >= 15 is 0 Å². The molecule has 0 saturated carbocycles. The molecule has 0 aliphatic heterocycles. The van der Waals surface area contributed by atoms with E-state index in [1.54, 1.807) is 0 Å². The SMILES string of the molecule is c1ccc(-c2ccc(-c3c4ccccc4c(-c4ccc(-c5ccc(-c6ccc7oc8c9ccccc9ccc8c7c6)cc5)cn4)c4ccccc34)cc2)cc1. The van der Waals surface area contributed by atoms with Gasteiger partial charge in [-0.25, -0.2) is 0 Å². The molecule has 0 aliphatic carbocycles. The van der Waals surface area contributed by atoms with Crippen LogP contribution in [0, 0.1) is 0 Å². The lowest BCUT2D eigenvalue weighted by Gasteiger charge is -2.17. The number of furan rings is 1. The first-order valence-corrected chi connectivity index (χ1v) is 18.8. The number of rotatable bonds is 5. The minimum atomic E-state index is 0.908. The van der Waals surface area contributed by atoms with E-state index < -0.39 is 0 Å². The molecule has 11 rings (SSSR count). The maximum atomic E-state index is 6.36. The normalized spacial score (nSPS) is 11.6. The highest BCUT2D eigenvalue weighted by Gasteiger charge is 2.18. The second-order valence-corrected chi connectivity index (χ2v) is 14.3. The Balaban J connectivity index is 0.941. The molecule has 2 heterocycles. The number of hydrogen-bond acceptors (Lipinski definition) is 2. The van der Waals surface area contributed by atoms with Gasteiger partial charge in [-0.3, -0.25) is 4.98 Å². The molecule has 0 aliphatic rings. The molecule has 11 aromatic rings. The van der Waals surface area contributed by atoms with Crippen LogP contribution in [-0.4, -0.2) is 4.98 Å². The Morgan fingerprint density at radius 1 is 0.309 bits per heavy atom. The van der Waals surface area contributed by atoms with Crippen LogP contribution in [0.1, 0.15) is 0 Å². The number of hydrogen-bond donors (Lipinski definition) is 0. The van der Waals surface area contributed by atoms with Gasteiger partial charge in [0, 0.05) is 33.5 Å². The van der Waals surface area contributed by atoms with Crippen LogP contribution < -0.4 is 0 Å². The molecule has 0 spiro atoms. The van der Waals surface area contributed by atoms with Gasteiger partial charge in [0.25, 0.3) is 0 Å². The highest BCUT2D eigenvalue weighted by Crippen LogP contribution is 2.44. The molecule has 0 unspecified atom stereocenters. The molecule has 0 amide bonds. The van der Waals surface area contributed by atoms with E-state index in [-0.39, 0.29) is 0 Å². The highest BCUT2D eigenvalue weighted by molar-refractivity contribution is 6.21. The third-order valence-corrected chi connectivity index (χ3v) is 11.1. The summed E-state index contributed by atoms with van der Waals surface area (Å²) in [7, 11) is 0. The summed E-state index contributed by atoms with van der Waals surface area (Å²) in [6.45, 7) is 0. The third kappa shape index (κ3) is 5.22. The molecule has 0 bridgehead atoms. The largest absolute Gasteiger partial charge is 0.455 e. The Hall–Kier alpha value is -7.29. The van der Waals surface area contributed by atoms with Crippen molar-refractivity contribution in [2.24, 2.45) is 0 Å². The van der Waals surface area contributed by atoms with Gasteiger partial charge in [0.05, 0.1) is 5.69 Å². The Morgan fingerprint density at radius 3 is 1.47 bits per heavy atom. The minimum Gasteiger partial charge on any atom is -0.455 e. The molecule has 2 heteroatoms. The van der Waals surface area contributed by atoms with Crippen LogP contribution in [0.4, 0.5) is 0 Å². The van der Waals surface area contributed by atoms with Crippen molar-refractivity contribution in [1.29, 1.82) is 0 Å². The summed E-state index contributed by atoms with van der Waals surface area (Å²) in [5.74, 6) is 0. The molecular formula is C53H33NO. The van der Waals surface area contributed by atoms with Crippen LogP contribution >= 0.6 is 0 Å². The Labute approximate surface area is 318 Å². The molecule has 256 valence electrons. The number of nitrogens with zero attached hydrogens (tertiary/aromatic N) is 1. The molecule has 0 atom stereocenters. The smallest absolute Gasteiger partial charge is 0.143 e. The van der Waals surface area contributed by atoms with Crippen molar-refractivity contribution >= 4 is 54.3 Å². The fourth-order valence-electron chi connectivity index (χ4n) is 8.43. The van der Waals surface area contributed by atoms with Gasteiger partial charge in [-0.1, -0.05) is 170 Å². The summed E-state index contributed by atoms with van der Waals surface area (Å²) < 4.78 is 6.36. The van der Waals surface area contributed by atoms with Crippen LogP contribution in [-0.2, 0) is 0 Å². The molecule has 0 radical (unpaired) electrons. The van der Waals surface area contributed by atoms with E-state index in [0.717, 1.165) is 60.8 Å². The van der Waals surface area contributed by atoms with Gasteiger partial charge >= 0.3 is 0 Å². The predicted molar refractivity (Wildman–Crippen MR) is 231 cm³/mol. The van der Waals surface area contributed by atoms with Gasteiger partial charge in [-0.15, -0.1) is 0 Å². The first-order valence-electron chi connectivity index (χ1n) is 18.8. The number of benzene rings is 9. The van der Waals surface area contributed by atoms with E-state index in [0.29, 0.717) is 0 Å². The number of aromatic nitrogens is 1. The van der Waals surface area contributed by atoms with E-state index in [1.165, 1.54) is 49.2 Å². The summed E-state index contributed by atoms with van der Waals surface area (Å²) in [6.07, 6.45) is 2.01. The van der Waals surface area contributed by atoms with E-state index in [1.807, 2.05) is 6.20 Å². The summed E-state index contributed by atoms with van der Waals surface area (Å²) in [5.41, 5.74) is 13.4. The van der Waals surface area contributed by atoms with Crippen molar-refractivity contribution in [3.8, 4) is 55.8 Å². The molecule has 55 heavy (non-hydrogen) atoms. The summed E-state index contributed by atoms with van der Waals surface area (Å²) in [6, 6.07) is 69.5. The van der Waals surface area contributed by atoms with Gasteiger partial charge in [-0.2, -0.15) is 0 Å². The third-order valence-electron chi connectivity index (χ3n) is 11.1. The van der Waals surface area contributed by atoms with Gasteiger partial charge in [0.15, 0.2) is 0 Å². The fraction of sp³-hybridized carbons (Fsp3) is 0. The lowest BCUT2D eigenvalue weighted by Crippen LogP contribution is -1.92. The van der Waals surface area contributed by atoms with Crippen LogP contribution in [0.2, 0.25) is 0 Å². The van der Waals surface area contributed by atoms with Crippen molar-refractivity contribution in [3.05, 3.63) is 200 Å². The monoisotopic (exact) mass is 699 g/mol. The zero-order valence-electron chi connectivity index (χ0n) is 29.9. The topological polar surface area (TPSA) is 26.0 Å². The first-order chi connectivity index (χ1) is 27.3. The van der Waals surface area contributed by atoms with Crippen molar-refractivity contribution in [3.63, 3.8) is 0 Å². The zero-order valence-corrected chi connectivity index (χ0v) is 29.9. The molecule has 0 fully saturated rings. The van der Waals surface area contributed by atoms with E-state index in [2.05, 4.69) is 194 Å². The molecule has 2 nitrogen and oxygen atoms in total. The summed E-state index contributed by atoms with van der Waals surface area (Å²) in [5, 5.41) is 9.45. The maximum Gasteiger partial charge on any atom is 0.143 e. The zero-order chi connectivity index (χ0) is 36.3. The molecule has 0 saturated heterocycles. The standard InChI is InChI=1S/C53H33NO/c1-2-10-34(11-3-1)35-22-24-39(25-23-35)51-43-14-6-8-16-45(43)52(46-17-9-7-15-44(46)51)49-30-27-41(33-54-49)37-20-18-36(19-21-37)40-28-31-50-48(32-40)47-29-26-38-12-4-5-13-42(38)53(47)55-50/h1-33H. The van der Waals surface area contributed by atoms with Crippen LogP contribution in [0.5, 0.6) is 0 Å². The predicted octanol–water partition coefficient (Wildman–Crippen LogP) is 14.8. The van der Waals surface area contributed by atoms with E-state index in [9.17, 15) is 0 Å². The quantitative estimate of drug-likeness (QED) is 0.167. The number of pyridine rings is 1. The summed E-state index contributed by atoms with van der Waals surface area (Å²) >= 11 is 0. The van der Waals surface area contributed by atoms with E-state index in [4.69, 9.17) is 9.40 Å². The average Bonchev–Trinajstić information content (AvgIpc) is 3.65. The minimum absolute atomic E-state index is 0.908. The lowest BCUT2D eigenvalue weighted by molar-refractivity contribution is 0.672. The fourth-order valence-corrected chi connectivity index (χ4v) is 8.43. The van der Waals surface area contributed by atoms with Gasteiger partial charge in [-0.05, 0) is 90.1 Å². The Kier molecular flexibility index (Phi) is 7.21. The van der Waals surface area contributed by atoms with Gasteiger partial charge in [0.2, 0.25) is 0 Å². The lowest BCUT2D eigenvalue weighted by atomic mass is 9.87. The molecule has 2 aromatic heterocycles. The second-order valence-electron chi connectivity index (χ2n) is 14.3. The average molecular weight is 700 g/mol. The molecule has 9 aromatic carbocycles. The van der Waals surface area contributed by atoms with Crippen LogP contribution in [0.25, 0.3) is 110 Å². The molecule has 0 N–H and O–H groups in total. The van der Waals surface area contributed by atoms with Crippen molar-refractivity contribution in [2.75, 3.05) is 0 Å². The maximum absolute atomic E-state index is 6.36. The molecular weight excluding hydrogens is 667 g/mol. The van der Waals surface area contributed by atoms with Gasteiger partial charge < -0.3 is 4.42 Å². The number of fused-ring (bicyclic) bond motifs is 7. The second kappa shape index (κ2) is 12.7. The Morgan fingerprint density at radius 2 is 0.818 bits per heavy atom. The summed E-state index contributed by atoms with van der Waals surface area (Å²) in [4.78, 5) is 5.12. The van der Waals surface area contributed by atoms with Crippen molar-refractivity contribution in [1.82, 2.24) is 4.98 Å². The van der Waals surface area contributed by atoms with Crippen molar-refractivity contribution in [2.45, 2.75) is 0 Å². The highest BCUT2D eigenvalue weighted by atomic mass is 16.3. The Bertz CT molecular complexity index is 3160.